The predicted octanol–water partition coefficient (Wildman–Crippen LogP) is 1.14. The summed E-state index contributed by atoms with van der Waals surface area (Å²) < 4.78 is 0. The van der Waals surface area contributed by atoms with E-state index >= 15 is 0 Å². The van der Waals surface area contributed by atoms with Gasteiger partial charge < -0.3 is 5.32 Å². The number of ketones is 1. The third-order valence-corrected chi connectivity index (χ3v) is 2.81. The summed E-state index contributed by atoms with van der Waals surface area (Å²) in [7, 11) is 0. The lowest BCUT2D eigenvalue weighted by atomic mass is 10.1. The minimum Gasteiger partial charge on any atom is -0.346 e. The number of rotatable bonds is 6. The lowest BCUT2D eigenvalue weighted by Gasteiger charge is -2.13. The van der Waals surface area contributed by atoms with Gasteiger partial charge in [-0.15, -0.1) is 0 Å². The molecule has 86 valence electrons. The number of Topliss-reactive ketones (excluding diaryl/α,β-unsaturated/α-hetero) is 1. The van der Waals surface area contributed by atoms with Gasteiger partial charge >= 0.3 is 0 Å². The number of hydrogen-bond acceptors (Lipinski definition) is 4. The van der Waals surface area contributed by atoms with Gasteiger partial charge in [-0.05, 0) is 13.3 Å². The summed E-state index contributed by atoms with van der Waals surface area (Å²) in [5.41, 5.74) is 0. The van der Waals surface area contributed by atoms with Crippen molar-refractivity contribution in [1.29, 1.82) is 0 Å². The molecule has 1 unspecified atom stereocenters. The van der Waals surface area contributed by atoms with Crippen LogP contribution in [0.5, 0.6) is 0 Å². The molecule has 0 saturated carbocycles. The van der Waals surface area contributed by atoms with Crippen LogP contribution in [0, 0.1) is 0 Å². The fourth-order valence-electron chi connectivity index (χ4n) is 0.983. The molecule has 0 aromatic heterocycles. The molecule has 0 spiro atoms. The molecule has 1 N–H and O–H groups in total. The van der Waals surface area contributed by atoms with Crippen LogP contribution in [0.4, 0.5) is 0 Å². The van der Waals surface area contributed by atoms with Crippen molar-refractivity contribution in [3.63, 3.8) is 0 Å². The zero-order chi connectivity index (χ0) is 11.8. The largest absolute Gasteiger partial charge is 0.346 e. The SMILES string of the molecule is CCCSC(=O)CC(NC(C)=O)C(C)=O. The highest BCUT2D eigenvalue weighted by atomic mass is 32.2. The van der Waals surface area contributed by atoms with Gasteiger partial charge in [-0.3, -0.25) is 14.4 Å². The van der Waals surface area contributed by atoms with Crippen LogP contribution >= 0.6 is 11.8 Å². The molecule has 0 saturated heterocycles. The average Bonchev–Trinajstić information content (AvgIpc) is 2.12. The second-order valence-electron chi connectivity index (χ2n) is 3.29. The molecule has 5 heteroatoms. The van der Waals surface area contributed by atoms with Crippen LogP contribution in [0.15, 0.2) is 0 Å². The van der Waals surface area contributed by atoms with Gasteiger partial charge in [0.15, 0.2) is 10.9 Å². The lowest BCUT2D eigenvalue weighted by Crippen LogP contribution is -2.39. The Morgan fingerprint density at radius 1 is 1.27 bits per heavy atom. The van der Waals surface area contributed by atoms with Crippen molar-refractivity contribution in [2.45, 2.75) is 39.7 Å². The normalized spacial score (nSPS) is 11.9. The maximum absolute atomic E-state index is 11.4. The Balaban J connectivity index is 4.10. The van der Waals surface area contributed by atoms with E-state index in [1.165, 1.54) is 25.6 Å². The second-order valence-corrected chi connectivity index (χ2v) is 4.44. The zero-order valence-corrected chi connectivity index (χ0v) is 10.1. The van der Waals surface area contributed by atoms with E-state index in [2.05, 4.69) is 5.32 Å². The van der Waals surface area contributed by atoms with E-state index in [1.807, 2.05) is 6.92 Å². The van der Waals surface area contributed by atoms with E-state index in [9.17, 15) is 14.4 Å². The van der Waals surface area contributed by atoms with Crippen LogP contribution in [0.2, 0.25) is 0 Å². The molecule has 4 nitrogen and oxygen atoms in total. The van der Waals surface area contributed by atoms with Crippen LogP contribution < -0.4 is 5.32 Å². The van der Waals surface area contributed by atoms with Crippen molar-refractivity contribution in [1.82, 2.24) is 5.32 Å². The van der Waals surface area contributed by atoms with Gasteiger partial charge in [-0.25, -0.2) is 0 Å². The quantitative estimate of drug-likeness (QED) is 0.744. The van der Waals surface area contributed by atoms with Crippen LogP contribution in [-0.2, 0) is 14.4 Å². The van der Waals surface area contributed by atoms with Gasteiger partial charge in [0.2, 0.25) is 5.91 Å². The van der Waals surface area contributed by atoms with Gasteiger partial charge in [0.25, 0.3) is 0 Å². The van der Waals surface area contributed by atoms with Crippen molar-refractivity contribution >= 4 is 28.6 Å². The number of thioether (sulfide) groups is 1. The minimum atomic E-state index is -0.667. The van der Waals surface area contributed by atoms with Crippen LogP contribution in [-0.4, -0.2) is 28.6 Å². The highest BCUT2D eigenvalue weighted by Crippen LogP contribution is 2.09. The predicted molar refractivity (Wildman–Crippen MR) is 60.7 cm³/mol. The topological polar surface area (TPSA) is 63.2 Å². The highest BCUT2D eigenvalue weighted by molar-refractivity contribution is 8.13. The first kappa shape index (κ1) is 14.2. The molecule has 0 aromatic carbocycles. The first-order valence-electron chi connectivity index (χ1n) is 4.90. The monoisotopic (exact) mass is 231 g/mol. The van der Waals surface area contributed by atoms with Gasteiger partial charge in [0.1, 0.15) is 0 Å². The van der Waals surface area contributed by atoms with E-state index in [1.54, 1.807) is 0 Å². The Bertz CT molecular complexity index is 253. The number of carbonyl (C=O) groups is 3. The summed E-state index contributed by atoms with van der Waals surface area (Å²) in [6.45, 7) is 4.69. The second kappa shape index (κ2) is 7.45. The standard InChI is InChI=1S/C10H17NO3S/c1-4-5-15-10(14)6-9(7(2)12)11-8(3)13/h9H,4-6H2,1-3H3,(H,11,13). The number of hydrogen-bond donors (Lipinski definition) is 1. The Morgan fingerprint density at radius 2 is 1.87 bits per heavy atom. The van der Waals surface area contributed by atoms with Crippen LogP contribution in [0.1, 0.15) is 33.6 Å². The summed E-state index contributed by atoms with van der Waals surface area (Å²) in [5, 5.41) is 2.41. The molecule has 0 bridgehead atoms. The fourth-order valence-corrected chi connectivity index (χ4v) is 1.70. The van der Waals surface area contributed by atoms with Gasteiger partial charge in [-0.2, -0.15) is 0 Å². The summed E-state index contributed by atoms with van der Waals surface area (Å²) in [6, 6.07) is -0.667. The molecule has 0 aliphatic rings. The van der Waals surface area contributed by atoms with E-state index in [0.717, 1.165) is 12.2 Å². The van der Waals surface area contributed by atoms with E-state index < -0.39 is 6.04 Å². The molecule has 0 aromatic rings. The number of nitrogens with one attached hydrogen (secondary N) is 1. The fraction of sp³-hybridized carbons (Fsp3) is 0.700. The number of amides is 1. The maximum Gasteiger partial charge on any atom is 0.217 e. The van der Waals surface area contributed by atoms with Gasteiger partial charge in [0, 0.05) is 19.1 Å². The number of carbonyl (C=O) groups excluding carboxylic acids is 3. The third-order valence-electron chi connectivity index (χ3n) is 1.71. The smallest absolute Gasteiger partial charge is 0.217 e. The minimum absolute atomic E-state index is 0.0502. The Kier molecular flexibility index (Phi) is 7.03. The van der Waals surface area contributed by atoms with E-state index in [-0.39, 0.29) is 23.2 Å². The summed E-state index contributed by atoms with van der Waals surface area (Å²) in [4.78, 5) is 33.2. The molecule has 0 rings (SSSR count). The zero-order valence-electron chi connectivity index (χ0n) is 9.33. The maximum atomic E-state index is 11.4. The van der Waals surface area contributed by atoms with Gasteiger partial charge in [-0.1, -0.05) is 18.7 Å². The van der Waals surface area contributed by atoms with E-state index in [0.29, 0.717) is 0 Å². The molecule has 15 heavy (non-hydrogen) atoms. The van der Waals surface area contributed by atoms with E-state index in [4.69, 9.17) is 0 Å². The lowest BCUT2D eigenvalue weighted by molar-refractivity contribution is -0.126. The average molecular weight is 231 g/mol. The Morgan fingerprint density at radius 3 is 2.27 bits per heavy atom. The summed E-state index contributed by atoms with van der Waals surface area (Å²) >= 11 is 1.21. The molecule has 0 radical (unpaired) electrons. The molecule has 0 aliphatic heterocycles. The molecule has 0 fully saturated rings. The molecular weight excluding hydrogens is 214 g/mol. The van der Waals surface area contributed by atoms with Crippen LogP contribution in [0.3, 0.4) is 0 Å². The molecule has 0 aliphatic carbocycles. The molecule has 1 amide bonds. The van der Waals surface area contributed by atoms with Crippen molar-refractivity contribution < 1.29 is 14.4 Å². The van der Waals surface area contributed by atoms with Crippen molar-refractivity contribution in [3.05, 3.63) is 0 Å². The van der Waals surface area contributed by atoms with Crippen LogP contribution in [0.25, 0.3) is 0 Å². The van der Waals surface area contributed by atoms with Crippen molar-refractivity contribution in [3.8, 4) is 0 Å². The first-order chi connectivity index (χ1) is 6.97. The summed E-state index contributed by atoms with van der Waals surface area (Å²) in [5.74, 6) is 0.280. The van der Waals surface area contributed by atoms with Crippen molar-refractivity contribution in [2.75, 3.05) is 5.75 Å². The molecule has 1 atom stereocenters. The molecule has 0 heterocycles. The molecular formula is C10H17NO3S. The first-order valence-corrected chi connectivity index (χ1v) is 5.89. The highest BCUT2D eigenvalue weighted by Gasteiger charge is 2.18. The Hall–Kier alpha value is -0.840. The van der Waals surface area contributed by atoms with Crippen molar-refractivity contribution in [2.24, 2.45) is 0 Å². The Labute approximate surface area is 94.2 Å². The van der Waals surface area contributed by atoms with Gasteiger partial charge in [0.05, 0.1) is 6.04 Å². The summed E-state index contributed by atoms with van der Waals surface area (Å²) in [6.07, 6.45) is 1.00. The third kappa shape index (κ3) is 7.13.